The summed E-state index contributed by atoms with van der Waals surface area (Å²) in [5.74, 6) is -0.609. The molecule has 1 N–H and O–H groups in total. The Hall–Kier alpha value is -2.29. The second kappa shape index (κ2) is 9.68. The Balaban J connectivity index is 1.56. The molecule has 1 saturated heterocycles. The SMILES string of the molecule is CC(C)C(NC(=O)CN1CCN(S(=O)(=O)c2ccccc2F)CC1)c1ccccc1. The molecule has 1 aliphatic heterocycles. The van der Waals surface area contributed by atoms with Crippen molar-refractivity contribution in [3.8, 4) is 0 Å². The highest BCUT2D eigenvalue weighted by atomic mass is 32.2. The average Bonchev–Trinajstić information content (AvgIpc) is 2.73. The van der Waals surface area contributed by atoms with Crippen molar-refractivity contribution in [3.63, 3.8) is 0 Å². The van der Waals surface area contributed by atoms with Gasteiger partial charge >= 0.3 is 0 Å². The first-order chi connectivity index (χ1) is 14.3. The summed E-state index contributed by atoms with van der Waals surface area (Å²) in [6.07, 6.45) is 0. The van der Waals surface area contributed by atoms with E-state index in [9.17, 15) is 17.6 Å². The van der Waals surface area contributed by atoms with Crippen LogP contribution >= 0.6 is 0 Å². The van der Waals surface area contributed by atoms with E-state index < -0.39 is 15.8 Å². The summed E-state index contributed by atoms with van der Waals surface area (Å²) in [5.41, 5.74) is 1.06. The predicted molar refractivity (Wildman–Crippen MR) is 114 cm³/mol. The van der Waals surface area contributed by atoms with E-state index in [1.54, 1.807) is 0 Å². The van der Waals surface area contributed by atoms with E-state index in [0.717, 1.165) is 11.6 Å². The number of rotatable bonds is 7. The van der Waals surface area contributed by atoms with Crippen LogP contribution in [0.4, 0.5) is 4.39 Å². The third-order valence-corrected chi connectivity index (χ3v) is 7.23. The van der Waals surface area contributed by atoms with Gasteiger partial charge in [0.25, 0.3) is 0 Å². The largest absolute Gasteiger partial charge is 0.348 e. The zero-order valence-corrected chi connectivity index (χ0v) is 18.1. The van der Waals surface area contributed by atoms with E-state index in [4.69, 9.17) is 0 Å². The van der Waals surface area contributed by atoms with Gasteiger partial charge in [-0.15, -0.1) is 0 Å². The number of carbonyl (C=O) groups excluding carboxylic acids is 1. The lowest BCUT2D eigenvalue weighted by Gasteiger charge is -2.34. The van der Waals surface area contributed by atoms with Crippen LogP contribution in [0.2, 0.25) is 0 Å². The van der Waals surface area contributed by atoms with Crippen LogP contribution in [0.1, 0.15) is 25.5 Å². The minimum Gasteiger partial charge on any atom is -0.348 e. The highest BCUT2D eigenvalue weighted by Gasteiger charge is 2.31. The van der Waals surface area contributed by atoms with Gasteiger partial charge in [-0.05, 0) is 23.6 Å². The van der Waals surface area contributed by atoms with E-state index in [-0.39, 0.29) is 42.4 Å². The molecule has 8 heteroatoms. The van der Waals surface area contributed by atoms with E-state index in [1.807, 2.05) is 35.2 Å². The van der Waals surface area contributed by atoms with Crippen molar-refractivity contribution >= 4 is 15.9 Å². The van der Waals surface area contributed by atoms with Crippen molar-refractivity contribution in [3.05, 3.63) is 66.0 Å². The highest BCUT2D eigenvalue weighted by molar-refractivity contribution is 7.89. The van der Waals surface area contributed by atoms with E-state index in [2.05, 4.69) is 19.2 Å². The van der Waals surface area contributed by atoms with Crippen molar-refractivity contribution in [2.24, 2.45) is 5.92 Å². The van der Waals surface area contributed by atoms with Gasteiger partial charge in [0.2, 0.25) is 15.9 Å². The number of halogens is 1. The second-order valence-electron chi connectivity index (χ2n) is 7.81. The maximum Gasteiger partial charge on any atom is 0.246 e. The number of sulfonamides is 1. The molecular formula is C22H28FN3O3S. The molecule has 162 valence electrons. The third-order valence-electron chi connectivity index (χ3n) is 5.29. The standard InChI is InChI=1S/C22H28FN3O3S/c1-17(2)22(18-8-4-3-5-9-18)24-21(27)16-25-12-14-26(15-13-25)30(28,29)20-11-7-6-10-19(20)23/h3-11,17,22H,12-16H2,1-2H3,(H,24,27). The van der Waals surface area contributed by atoms with Crippen LogP contribution in [0, 0.1) is 11.7 Å². The Labute approximate surface area is 177 Å². The van der Waals surface area contributed by atoms with Gasteiger partial charge in [-0.3, -0.25) is 9.69 Å². The molecule has 0 radical (unpaired) electrons. The lowest BCUT2D eigenvalue weighted by atomic mass is 9.96. The molecule has 1 heterocycles. The van der Waals surface area contributed by atoms with Crippen molar-refractivity contribution in [2.75, 3.05) is 32.7 Å². The molecule has 2 aromatic carbocycles. The fraction of sp³-hybridized carbons (Fsp3) is 0.409. The quantitative estimate of drug-likeness (QED) is 0.729. The van der Waals surface area contributed by atoms with Crippen LogP contribution in [0.15, 0.2) is 59.5 Å². The first-order valence-electron chi connectivity index (χ1n) is 10.1. The summed E-state index contributed by atoms with van der Waals surface area (Å²) in [4.78, 5) is 14.2. The molecule has 0 aromatic heterocycles. The third kappa shape index (κ3) is 5.24. The lowest BCUT2D eigenvalue weighted by molar-refractivity contribution is -0.123. The molecule has 1 aliphatic rings. The fourth-order valence-corrected chi connectivity index (χ4v) is 5.13. The van der Waals surface area contributed by atoms with Crippen LogP contribution in [0.3, 0.4) is 0 Å². The maximum atomic E-state index is 13.9. The van der Waals surface area contributed by atoms with Gasteiger partial charge in [0.05, 0.1) is 12.6 Å². The van der Waals surface area contributed by atoms with Crippen LogP contribution in [-0.4, -0.2) is 56.3 Å². The molecule has 1 fully saturated rings. The molecule has 1 unspecified atom stereocenters. The Morgan fingerprint density at radius 1 is 1.00 bits per heavy atom. The molecule has 3 rings (SSSR count). The normalized spacial score (nSPS) is 17.1. The Kier molecular flexibility index (Phi) is 7.23. The van der Waals surface area contributed by atoms with Crippen LogP contribution in [0.25, 0.3) is 0 Å². The van der Waals surface area contributed by atoms with Gasteiger partial charge in [0, 0.05) is 26.2 Å². The number of hydrogen-bond acceptors (Lipinski definition) is 4. The molecule has 6 nitrogen and oxygen atoms in total. The number of hydrogen-bond donors (Lipinski definition) is 1. The minimum absolute atomic E-state index is 0.0820. The summed E-state index contributed by atoms with van der Waals surface area (Å²) in [6, 6.07) is 15.1. The van der Waals surface area contributed by atoms with E-state index >= 15 is 0 Å². The summed E-state index contributed by atoms with van der Waals surface area (Å²) in [5, 5.41) is 3.09. The Morgan fingerprint density at radius 3 is 2.20 bits per heavy atom. The number of piperazine rings is 1. The molecule has 0 aliphatic carbocycles. The van der Waals surface area contributed by atoms with Crippen LogP contribution in [-0.2, 0) is 14.8 Å². The van der Waals surface area contributed by atoms with Gasteiger partial charge in [-0.1, -0.05) is 56.3 Å². The molecule has 0 bridgehead atoms. The molecule has 2 aromatic rings. The minimum atomic E-state index is -3.88. The summed E-state index contributed by atoms with van der Waals surface area (Å²) >= 11 is 0. The molecule has 0 saturated carbocycles. The zero-order chi connectivity index (χ0) is 21.7. The smallest absolute Gasteiger partial charge is 0.246 e. The van der Waals surface area contributed by atoms with Gasteiger partial charge in [0.15, 0.2) is 0 Å². The van der Waals surface area contributed by atoms with Crippen molar-refractivity contribution in [1.82, 2.24) is 14.5 Å². The van der Waals surface area contributed by atoms with E-state index in [0.29, 0.717) is 13.1 Å². The topological polar surface area (TPSA) is 69.7 Å². The molecule has 0 spiro atoms. The first kappa shape index (κ1) is 22.4. The van der Waals surface area contributed by atoms with Gasteiger partial charge in [-0.2, -0.15) is 4.31 Å². The summed E-state index contributed by atoms with van der Waals surface area (Å²) in [7, 11) is -3.88. The van der Waals surface area contributed by atoms with Crippen molar-refractivity contribution in [2.45, 2.75) is 24.8 Å². The first-order valence-corrected chi connectivity index (χ1v) is 11.5. The second-order valence-corrected chi connectivity index (χ2v) is 9.72. The monoisotopic (exact) mass is 433 g/mol. The molecule has 1 atom stereocenters. The Bertz CT molecular complexity index is 959. The average molecular weight is 434 g/mol. The zero-order valence-electron chi connectivity index (χ0n) is 17.3. The van der Waals surface area contributed by atoms with Crippen molar-refractivity contribution < 1.29 is 17.6 Å². The summed E-state index contributed by atoms with van der Waals surface area (Å²) < 4.78 is 40.6. The number of nitrogens with zero attached hydrogens (tertiary/aromatic N) is 2. The maximum absolute atomic E-state index is 13.9. The molecule has 30 heavy (non-hydrogen) atoms. The number of nitrogens with one attached hydrogen (secondary N) is 1. The van der Waals surface area contributed by atoms with Crippen molar-refractivity contribution in [1.29, 1.82) is 0 Å². The van der Waals surface area contributed by atoms with E-state index in [1.165, 1.54) is 22.5 Å². The summed E-state index contributed by atoms with van der Waals surface area (Å²) in [6.45, 7) is 5.59. The highest BCUT2D eigenvalue weighted by Crippen LogP contribution is 2.22. The number of benzene rings is 2. The number of amides is 1. The molecular weight excluding hydrogens is 405 g/mol. The van der Waals surface area contributed by atoms with Crippen LogP contribution in [0.5, 0.6) is 0 Å². The predicted octanol–water partition coefficient (Wildman–Crippen LogP) is 2.65. The molecule has 1 amide bonds. The van der Waals surface area contributed by atoms with Crippen LogP contribution < -0.4 is 5.32 Å². The lowest BCUT2D eigenvalue weighted by Crippen LogP contribution is -2.51. The number of carbonyl (C=O) groups is 1. The fourth-order valence-electron chi connectivity index (χ4n) is 3.64. The van der Waals surface area contributed by atoms with Gasteiger partial charge < -0.3 is 5.32 Å². The van der Waals surface area contributed by atoms with Gasteiger partial charge in [0.1, 0.15) is 10.7 Å². The van der Waals surface area contributed by atoms with Gasteiger partial charge in [-0.25, -0.2) is 12.8 Å². The Morgan fingerprint density at radius 2 is 1.60 bits per heavy atom.